The summed E-state index contributed by atoms with van der Waals surface area (Å²) < 4.78 is 21.0. The number of carbonyl (C=O) groups excluding carboxylic acids is 1. The summed E-state index contributed by atoms with van der Waals surface area (Å²) in [6.07, 6.45) is 2.10. The minimum Gasteiger partial charge on any atom is -0.467 e. The van der Waals surface area contributed by atoms with Crippen LogP contribution in [0.5, 0.6) is 0 Å². The molecule has 0 spiro atoms. The van der Waals surface area contributed by atoms with Crippen LogP contribution in [0.4, 0.5) is 0 Å². The van der Waals surface area contributed by atoms with E-state index >= 15 is 0 Å². The van der Waals surface area contributed by atoms with Gasteiger partial charge in [-0.3, -0.25) is 0 Å². The molecular weight excluding hydrogens is 224 g/mol. The predicted octanol–water partition coefficient (Wildman–Crippen LogP) is 0.925. The molecule has 3 atom stereocenters. The van der Waals surface area contributed by atoms with Crippen molar-refractivity contribution in [2.75, 3.05) is 27.9 Å². The van der Waals surface area contributed by atoms with Crippen molar-refractivity contribution >= 4 is 5.97 Å². The molecule has 0 N–H and O–H groups in total. The van der Waals surface area contributed by atoms with Gasteiger partial charge < -0.3 is 18.9 Å². The second-order valence-corrected chi connectivity index (χ2v) is 4.04. The number of rotatable bonds is 5. The highest BCUT2D eigenvalue weighted by molar-refractivity contribution is 5.80. The summed E-state index contributed by atoms with van der Waals surface area (Å²) in [6, 6.07) is 0. The van der Waals surface area contributed by atoms with Gasteiger partial charge in [-0.15, -0.1) is 6.58 Å². The molecule has 0 saturated carbocycles. The summed E-state index contributed by atoms with van der Waals surface area (Å²) in [5, 5.41) is 0. The molecule has 5 heteroatoms. The molecule has 0 aromatic carbocycles. The van der Waals surface area contributed by atoms with Gasteiger partial charge in [0.2, 0.25) is 0 Å². The second kappa shape index (κ2) is 6.14. The second-order valence-electron chi connectivity index (χ2n) is 4.04. The Morgan fingerprint density at radius 1 is 1.41 bits per heavy atom. The summed E-state index contributed by atoms with van der Waals surface area (Å²) in [6.45, 7) is 3.95. The maximum atomic E-state index is 11.8. The number of methoxy groups -OCH3 is 3. The number of hydrogen-bond donors (Lipinski definition) is 0. The lowest BCUT2D eigenvalue weighted by Gasteiger charge is -2.41. The molecule has 0 aromatic heterocycles. The fraction of sp³-hybridized carbons (Fsp3) is 0.750. The van der Waals surface area contributed by atoms with Gasteiger partial charge >= 0.3 is 5.97 Å². The van der Waals surface area contributed by atoms with Gasteiger partial charge in [0, 0.05) is 27.1 Å². The van der Waals surface area contributed by atoms with Crippen LogP contribution in [0.25, 0.3) is 0 Å². The molecule has 0 aliphatic carbocycles. The smallest absolute Gasteiger partial charge is 0.338 e. The van der Waals surface area contributed by atoms with Crippen LogP contribution < -0.4 is 0 Å². The SMILES string of the molecule is C=CC[C@]1(C(=O)OC)C[C@H](OC)[C@@H](OC)CO1. The Bertz CT molecular complexity index is 278. The van der Waals surface area contributed by atoms with E-state index in [-0.39, 0.29) is 12.2 Å². The summed E-state index contributed by atoms with van der Waals surface area (Å²) in [5.74, 6) is -0.394. The zero-order valence-electron chi connectivity index (χ0n) is 10.6. The van der Waals surface area contributed by atoms with Gasteiger partial charge in [-0.25, -0.2) is 4.79 Å². The van der Waals surface area contributed by atoms with Crippen LogP contribution >= 0.6 is 0 Å². The van der Waals surface area contributed by atoms with Gasteiger partial charge in [-0.1, -0.05) is 6.08 Å². The van der Waals surface area contributed by atoms with Crippen LogP contribution in [0, 0.1) is 0 Å². The molecule has 1 aliphatic rings. The maximum Gasteiger partial charge on any atom is 0.338 e. The number of esters is 1. The molecule has 0 unspecified atom stereocenters. The van der Waals surface area contributed by atoms with Crippen LogP contribution in [0.2, 0.25) is 0 Å². The lowest BCUT2D eigenvalue weighted by atomic mass is 9.87. The molecule has 1 aliphatic heterocycles. The first-order valence-electron chi connectivity index (χ1n) is 5.52. The number of hydrogen-bond acceptors (Lipinski definition) is 5. The third-order valence-electron chi connectivity index (χ3n) is 3.11. The normalized spacial score (nSPS) is 33.1. The van der Waals surface area contributed by atoms with E-state index in [1.165, 1.54) is 7.11 Å². The Morgan fingerprint density at radius 2 is 2.06 bits per heavy atom. The Morgan fingerprint density at radius 3 is 2.53 bits per heavy atom. The molecule has 0 bridgehead atoms. The molecule has 1 heterocycles. The topological polar surface area (TPSA) is 54.0 Å². The largest absolute Gasteiger partial charge is 0.467 e. The lowest BCUT2D eigenvalue weighted by molar-refractivity contribution is -0.207. The van der Waals surface area contributed by atoms with Crippen molar-refractivity contribution in [3.05, 3.63) is 12.7 Å². The van der Waals surface area contributed by atoms with Crippen molar-refractivity contribution < 1.29 is 23.7 Å². The first-order chi connectivity index (χ1) is 8.13. The molecular formula is C12H20O5. The Kier molecular flexibility index (Phi) is 5.11. The molecule has 0 amide bonds. The fourth-order valence-electron chi connectivity index (χ4n) is 2.11. The van der Waals surface area contributed by atoms with E-state index in [0.717, 1.165) is 0 Å². The zero-order chi connectivity index (χ0) is 12.9. The third-order valence-corrected chi connectivity index (χ3v) is 3.11. The molecule has 98 valence electrons. The third kappa shape index (κ3) is 2.86. The Hall–Kier alpha value is -0.910. The van der Waals surface area contributed by atoms with Crippen molar-refractivity contribution in [2.45, 2.75) is 30.7 Å². The van der Waals surface area contributed by atoms with E-state index in [1.807, 2.05) is 0 Å². The highest BCUT2D eigenvalue weighted by Gasteiger charge is 2.48. The van der Waals surface area contributed by atoms with E-state index in [1.54, 1.807) is 20.3 Å². The fourth-order valence-corrected chi connectivity index (χ4v) is 2.11. The number of carbonyl (C=O) groups is 1. The molecule has 1 saturated heterocycles. The number of ether oxygens (including phenoxy) is 4. The van der Waals surface area contributed by atoms with Gasteiger partial charge in [-0.2, -0.15) is 0 Å². The maximum absolute atomic E-state index is 11.8. The monoisotopic (exact) mass is 244 g/mol. The zero-order valence-corrected chi connectivity index (χ0v) is 10.6. The molecule has 17 heavy (non-hydrogen) atoms. The summed E-state index contributed by atoms with van der Waals surface area (Å²) >= 11 is 0. The van der Waals surface area contributed by atoms with Gasteiger partial charge in [-0.05, 0) is 0 Å². The van der Waals surface area contributed by atoms with E-state index in [2.05, 4.69) is 6.58 Å². The average Bonchev–Trinajstić information content (AvgIpc) is 2.37. The first kappa shape index (κ1) is 14.2. The van der Waals surface area contributed by atoms with Gasteiger partial charge in [0.05, 0.1) is 19.8 Å². The van der Waals surface area contributed by atoms with Crippen molar-refractivity contribution in [2.24, 2.45) is 0 Å². The highest BCUT2D eigenvalue weighted by Crippen LogP contribution is 2.32. The highest BCUT2D eigenvalue weighted by atomic mass is 16.6. The van der Waals surface area contributed by atoms with E-state index in [0.29, 0.717) is 19.4 Å². The van der Waals surface area contributed by atoms with Crippen molar-refractivity contribution in [3.8, 4) is 0 Å². The van der Waals surface area contributed by atoms with Gasteiger partial charge in [0.1, 0.15) is 6.10 Å². The van der Waals surface area contributed by atoms with Gasteiger partial charge in [0.25, 0.3) is 0 Å². The molecule has 1 fully saturated rings. The van der Waals surface area contributed by atoms with Crippen molar-refractivity contribution in [1.29, 1.82) is 0 Å². The molecule has 5 nitrogen and oxygen atoms in total. The first-order valence-corrected chi connectivity index (χ1v) is 5.52. The Balaban J connectivity index is 2.86. The minimum atomic E-state index is -0.994. The van der Waals surface area contributed by atoms with E-state index in [4.69, 9.17) is 18.9 Å². The summed E-state index contributed by atoms with van der Waals surface area (Å²) in [5.41, 5.74) is -0.994. The van der Waals surface area contributed by atoms with Crippen LogP contribution in [0.15, 0.2) is 12.7 Å². The van der Waals surface area contributed by atoms with Crippen LogP contribution in [0.1, 0.15) is 12.8 Å². The molecule has 1 rings (SSSR count). The van der Waals surface area contributed by atoms with Crippen LogP contribution in [-0.2, 0) is 23.7 Å². The lowest BCUT2D eigenvalue weighted by Crippen LogP contribution is -2.55. The van der Waals surface area contributed by atoms with Crippen molar-refractivity contribution in [1.82, 2.24) is 0 Å². The van der Waals surface area contributed by atoms with Crippen molar-refractivity contribution in [3.63, 3.8) is 0 Å². The molecule has 0 aromatic rings. The van der Waals surface area contributed by atoms with E-state index in [9.17, 15) is 4.79 Å². The van der Waals surface area contributed by atoms with Crippen LogP contribution in [-0.4, -0.2) is 51.7 Å². The quantitative estimate of drug-likeness (QED) is 0.532. The predicted molar refractivity (Wildman–Crippen MR) is 61.7 cm³/mol. The van der Waals surface area contributed by atoms with Crippen LogP contribution in [0.3, 0.4) is 0 Å². The summed E-state index contributed by atoms with van der Waals surface area (Å²) in [4.78, 5) is 11.8. The van der Waals surface area contributed by atoms with E-state index < -0.39 is 11.6 Å². The molecule has 0 radical (unpaired) electrons. The average molecular weight is 244 g/mol. The Labute approximate surface area is 102 Å². The van der Waals surface area contributed by atoms with Gasteiger partial charge in [0.15, 0.2) is 5.60 Å². The minimum absolute atomic E-state index is 0.164. The standard InChI is InChI=1S/C12H20O5/c1-5-6-12(11(13)16-4)7-9(14-2)10(15-3)8-17-12/h5,9-10H,1,6-8H2,2-4H3/t9-,10-,12+/m0/s1. The summed E-state index contributed by atoms with van der Waals surface area (Å²) in [7, 11) is 4.54.